The Hall–Kier alpha value is -1.71. The van der Waals surface area contributed by atoms with Gasteiger partial charge in [0.05, 0.1) is 0 Å². The Morgan fingerprint density at radius 3 is 2.63 bits per heavy atom. The van der Waals surface area contributed by atoms with Crippen molar-refractivity contribution in [3.63, 3.8) is 0 Å². The number of hydrogen-bond acceptors (Lipinski definition) is 4. The average molecular weight is 300 g/mol. The second kappa shape index (κ2) is 5.95. The second-order valence-electron chi connectivity index (χ2n) is 3.69. The van der Waals surface area contributed by atoms with E-state index in [1.54, 1.807) is 12.1 Å². The number of benzene rings is 1. The van der Waals surface area contributed by atoms with Crippen molar-refractivity contribution >= 4 is 28.1 Å². The average Bonchev–Trinajstić information content (AvgIpc) is 2.77. The van der Waals surface area contributed by atoms with Gasteiger partial charge in [0.15, 0.2) is 5.15 Å². The van der Waals surface area contributed by atoms with Gasteiger partial charge in [-0.25, -0.2) is 8.78 Å². The van der Waals surface area contributed by atoms with Crippen molar-refractivity contribution in [2.45, 2.75) is 13.0 Å². The number of nitrogens with one attached hydrogen (secondary N) is 1. The van der Waals surface area contributed by atoms with E-state index in [2.05, 4.69) is 9.69 Å². The highest BCUT2D eigenvalue weighted by Crippen LogP contribution is 2.28. The molecule has 98 valence electrons. The molecule has 19 heavy (non-hydrogen) atoms. The van der Waals surface area contributed by atoms with E-state index in [9.17, 15) is 8.78 Å². The van der Waals surface area contributed by atoms with E-state index in [-0.39, 0.29) is 10.7 Å². The Morgan fingerprint density at radius 2 is 2.05 bits per heavy atom. The van der Waals surface area contributed by atoms with Crippen LogP contribution in [0, 0.1) is 11.3 Å². The van der Waals surface area contributed by atoms with Gasteiger partial charge in [-0.05, 0) is 17.1 Å². The number of hydrogen-bond donors (Lipinski definition) is 1. The Morgan fingerprint density at radius 1 is 1.37 bits per heavy atom. The molecule has 0 spiro atoms. The van der Waals surface area contributed by atoms with Crippen LogP contribution in [-0.2, 0) is 6.54 Å². The number of halogens is 3. The third-order valence-electron chi connectivity index (χ3n) is 2.45. The zero-order valence-electron chi connectivity index (χ0n) is 9.53. The topological polar surface area (TPSA) is 48.7 Å². The minimum atomic E-state index is -2.47. The lowest BCUT2D eigenvalue weighted by atomic mass is 10.1. The molecule has 0 atom stereocenters. The smallest absolute Gasteiger partial charge is 0.263 e. The van der Waals surface area contributed by atoms with Crippen LogP contribution in [0.15, 0.2) is 24.3 Å². The van der Waals surface area contributed by atoms with Gasteiger partial charge in [0, 0.05) is 12.1 Å². The molecule has 0 saturated heterocycles. The van der Waals surface area contributed by atoms with Crippen molar-refractivity contribution in [3.8, 4) is 6.07 Å². The highest BCUT2D eigenvalue weighted by atomic mass is 35.5. The molecule has 2 aromatic rings. The van der Waals surface area contributed by atoms with Gasteiger partial charge in [0.2, 0.25) is 0 Å². The van der Waals surface area contributed by atoms with Gasteiger partial charge in [-0.3, -0.25) is 0 Å². The first-order valence-electron chi connectivity index (χ1n) is 5.28. The number of alkyl halides is 2. The predicted octanol–water partition coefficient (Wildman–Crippen LogP) is 4.22. The van der Waals surface area contributed by atoms with E-state index in [0.29, 0.717) is 17.1 Å². The molecule has 0 bridgehead atoms. The third-order valence-corrected chi connectivity index (χ3v) is 3.63. The number of rotatable bonds is 4. The zero-order chi connectivity index (χ0) is 13.8. The molecule has 2 rings (SSSR count). The molecule has 0 fully saturated rings. The fraction of sp³-hybridized carbons (Fsp3) is 0.167. The van der Waals surface area contributed by atoms with Crippen molar-refractivity contribution in [2.24, 2.45) is 0 Å². The Kier molecular flexibility index (Phi) is 4.30. The fourth-order valence-corrected chi connectivity index (χ4v) is 2.38. The van der Waals surface area contributed by atoms with E-state index < -0.39 is 6.43 Å². The molecule has 1 aromatic carbocycles. The lowest BCUT2D eigenvalue weighted by Crippen LogP contribution is -1.99. The Bertz CT molecular complexity index is 604. The fourth-order valence-electron chi connectivity index (χ4n) is 1.45. The number of nitriles is 1. The third kappa shape index (κ3) is 3.19. The van der Waals surface area contributed by atoms with Crippen LogP contribution >= 0.6 is 23.1 Å². The summed E-state index contributed by atoms with van der Waals surface area (Å²) in [5.41, 5.74) is 1.12. The summed E-state index contributed by atoms with van der Waals surface area (Å²) in [5, 5.41) is 12.6. The van der Waals surface area contributed by atoms with Gasteiger partial charge in [-0.2, -0.15) is 9.64 Å². The van der Waals surface area contributed by atoms with Gasteiger partial charge in [0.1, 0.15) is 16.6 Å². The first-order valence-corrected chi connectivity index (χ1v) is 6.43. The maximum Gasteiger partial charge on any atom is 0.263 e. The first kappa shape index (κ1) is 13.7. The van der Waals surface area contributed by atoms with Crippen LogP contribution in [0.5, 0.6) is 0 Å². The van der Waals surface area contributed by atoms with Crippen LogP contribution in [0.2, 0.25) is 5.15 Å². The number of anilines is 1. The molecule has 1 N–H and O–H groups in total. The molecular formula is C12H8ClF2N3S. The molecule has 1 aromatic heterocycles. The summed E-state index contributed by atoms with van der Waals surface area (Å²) in [6.45, 7) is 0.413. The standard InChI is InChI=1S/C12H8ClF2N3S/c13-10-9(5-16)12(19-18-10)17-6-7-1-3-8(4-2-7)11(14)15/h1-4,11,17H,6H2. The molecule has 0 aliphatic rings. The molecule has 0 radical (unpaired) electrons. The number of nitrogens with zero attached hydrogens (tertiary/aromatic N) is 2. The van der Waals surface area contributed by atoms with Crippen molar-refractivity contribution in [1.29, 1.82) is 5.26 Å². The number of aromatic nitrogens is 1. The van der Waals surface area contributed by atoms with E-state index in [1.165, 1.54) is 12.1 Å². The van der Waals surface area contributed by atoms with E-state index in [0.717, 1.165) is 17.1 Å². The van der Waals surface area contributed by atoms with Gasteiger partial charge in [-0.1, -0.05) is 35.9 Å². The molecule has 3 nitrogen and oxygen atoms in total. The lowest BCUT2D eigenvalue weighted by Gasteiger charge is -2.05. The summed E-state index contributed by atoms with van der Waals surface area (Å²) >= 11 is 6.83. The monoisotopic (exact) mass is 299 g/mol. The van der Waals surface area contributed by atoms with Crippen molar-refractivity contribution in [2.75, 3.05) is 5.32 Å². The molecule has 0 amide bonds. The van der Waals surface area contributed by atoms with Crippen LogP contribution in [0.3, 0.4) is 0 Å². The lowest BCUT2D eigenvalue weighted by molar-refractivity contribution is 0.151. The largest absolute Gasteiger partial charge is 0.370 e. The van der Waals surface area contributed by atoms with Crippen LogP contribution < -0.4 is 5.32 Å². The maximum absolute atomic E-state index is 12.4. The van der Waals surface area contributed by atoms with Crippen LogP contribution in [0.25, 0.3) is 0 Å². The molecule has 7 heteroatoms. The summed E-state index contributed by atoms with van der Waals surface area (Å²) in [4.78, 5) is 0. The quantitative estimate of drug-likeness (QED) is 0.919. The molecule has 0 unspecified atom stereocenters. The Labute approximate surface area is 117 Å². The van der Waals surface area contributed by atoms with Crippen LogP contribution in [0.4, 0.5) is 13.8 Å². The highest BCUT2D eigenvalue weighted by molar-refractivity contribution is 7.10. The van der Waals surface area contributed by atoms with Crippen LogP contribution in [0.1, 0.15) is 23.1 Å². The van der Waals surface area contributed by atoms with Gasteiger partial charge >= 0.3 is 0 Å². The molecule has 1 heterocycles. The molecular weight excluding hydrogens is 292 g/mol. The molecule has 0 saturated carbocycles. The van der Waals surface area contributed by atoms with Gasteiger partial charge < -0.3 is 5.32 Å². The van der Waals surface area contributed by atoms with E-state index in [4.69, 9.17) is 16.9 Å². The minimum absolute atomic E-state index is 0.0118. The van der Waals surface area contributed by atoms with Crippen molar-refractivity contribution in [3.05, 3.63) is 46.1 Å². The summed E-state index contributed by atoms with van der Waals surface area (Å²) < 4.78 is 28.6. The van der Waals surface area contributed by atoms with Crippen LogP contribution in [-0.4, -0.2) is 4.37 Å². The second-order valence-corrected chi connectivity index (χ2v) is 4.82. The normalized spacial score (nSPS) is 10.5. The van der Waals surface area contributed by atoms with E-state index in [1.807, 2.05) is 6.07 Å². The Balaban J connectivity index is 2.04. The van der Waals surface area contributed by atoms with Gasteiger partial charge in [0.25, 0.3) is 6.43 Å². The summed E-state index contributed by atoms with van der Waals surface area (Å²) in [6, 6.07) is 7.95. The summed E-state index contributed by atoms with van der Waals surface area (Å²) in [6.07, 6.45) is -2.47. The maximum atomic E-state index is 12.4. The summed E-state index contributed by atoms with van der Waals surface area (Å²) in [5.74, 6) is 0. The first-order chi connectivity index (χ1) is 9.11. The minimum Gasteiger partial charge on any atom is -0.370 e. The molecule has 0 aliphatic heterocycles. The predicted molar refractivity (Wildman–Crippen MR) is 70.6 cm³/mol. The zero-order valence-corrected chi connectivity index (χ0v) is 11.1. The summed E-state index contributed by atoms with van der Waals surface area (Å²) in [7, 11) is 0. The van der Waals surface area contributed by atoms with E-state index >= 15 is 0 Å². The molecule has 0 aliphatic carbocycles. The SMILES string of the molecule is N#Cc1c(Cl)nsc1NCc1ccc(C(F)F)cc1. The van der Waals surface area contributed by atoms with Gasteiger partial charge in [-0.15, -0.1) is 0 Å². The van der Waals surface area contributed by atoms with Crippen molar-refractivity contribution < 1.29 is 8.78 Å². The highest BCUT2D eigenvalue weighted by Gasteiger charge is 2.11. The van der Waals surface area contributed by atoms with Crippen molar-refractivity contribution in [1.82, 2.24) is 4.37 Å².